The molecule has 2 N–H and O–H groups in total. The van der Waals surface area contributed by atoms with Gasteiger partial charge in [0.25, 0.3) is 0 Å². The lowest BCUT2D eigenvalue weighted by atomic mass is 9.91. The molecule has 1 aliphatic rings. The minimum atomic E-state index is -0.0583. The quantitative estimate of drug-likeness (QED) is 0.737. The molecule has 0 aromatic carbocycles. The van der Waals surface area contributed by atoms with Gasteiger partial charge in [-0.2, -0.15) is 0 Å². The van der Waals surface area contributed by atoms with E-state index in [1.54, 1.807) is 0 Å². The predicted octanol–water partition coefficient (Wildman–Crippen LogP) is 0.996. The lowest BCUT2D eigenvalue weighted by molar-refractivity contribution is 0.0471. The molecule has 1 fully saturated rings. The Morgan fingerprint density at radius 3 is 2.46 bits per heavy atom. The first-order valence-corrected chi connectivity index (χ1v) is 4.76. The third kappa shape index (κ3) is 2.11. The average molecular weight is 180 g/mol. The topological polar surface area (TPSA) is 40.2 Å². The van der Waals surface area contributed by atoms with Crippen molar-refractivity contribution in [2.75, 3.05) is 13.2 Å². The summed E-state index contributed by atoms with van der Waals surface area (Å²) in [7, 11) is 0. The van der Waals surface area contributed by atoms with Gasteiger partial charge in [0.1, 0.15) is 0 Å². The molecule has 2 rings (SSSR count). The Kier molecular flexibility index (Phi) is 2.38. The van der Waals surface area contributed by atoms with E-state index in [4.69, 9.17) is 10.5 Å². The first-order valence-electron chi connectivity index (χ1n) is 4.76. The van der Waals surface area contributed by atoms with Crippen LogP contribution in [-0.4, -0.2) is 23.3 Å². The largest absolute Gasteiger partial charge is 0.381 e. The van der Waals surface area contributed by atoms with Crippen LogP contribution in [0.1, 0.15) is 12.8 Å². The summed E-state index contributed by atoms with van der Waals surface area (Å²) in [5.41, 5.74) is 6.19. The van der Waals surface area contributed by atoms with E-state index in [0.29, 0.717) is 0 Å². The minimum Gasteiger partial charge on any atom is -0.381 e. The van der Waals surface area contributed by atoms with Crippen molar-refractivity contribution in [3.63, 3.8) is 0 Å². The fraction of sp³-hybridized carbons (Fsp3) is 0.600. The van der Waals surface area contributed by atoms with Crippen molar-refractivity contribution in [1.29, 1.82) is 0 Å². The highest BCUT2D eigenvalue weighted by atomic mass is 16.5. The summed E-state index contributed by atoms with van der Waals surface area (Å²) in [6.07, 6.45) is 6.05. The van der Waals surface area contributed by atoms with Gasteiger partial charge in [-0.3, -0.25) is 0 Å². The Morgan fingerprint density at radius 1 is 1.23 bits per heavy atom. The first kappa shape index (κ1) is 8.78. The summed E-state index contributed by atoms with van der Waals surface area (Å²) in [5, 5.41) is 0. The highest BCUT2D eigenvalue weighted by Crippen LogP contribution is 2.19. The van der Waals surface area contributed by atoms with Crippen LogP contribution < -0.4 is 5.73 Å². The molecular formula is C10H16N2O. The monoisotopic (exact) mass is 180 g/mol. The molecule has 0 bridgehead atoms. The molecule has 0 saturated carbocycles. The van der Waals surface area contributed by atoms with E-state index in [1.165, 1.54) is 0 Å². The number of rotatable bonds is 2. The molecule has 1 aromatic heterocycles. The molecule has 0 radical (unpaired) electrons. The minimum absolute atomic E-state index is 0.0583. The molecule has 1 aromatic rings. The molecule has 0 atom stereocenters. The van der Waals surface area contributed by atoms with Crippen LogP contribution in [0.5, 0.6) is 0 Å². The van der Waals surface area contributed by atoms with Gasteiger partial charge in [0, 0.05) is 37.7 Å². The molecule has 72 valence electrons. The van der Waals surface area contributed by atoms with Crippen molar-refractivity contribution in [1.82, 2.24) is 4.57 Å². The molecule has 3 heteroatoms. The van der Waals surface area contributed by atoms with Crippen molar-refractivity contribution in [3.05, 3.63) is 24.5 Å². The molecule has 3 nitrogen and oxygen atoms in total. The summed E-state index contributed by atoms with van der Waals surface area (Å²) in [4.78, 5) is 0. The number of aromatic nitrogens is 1. The maximum Gasteiger partial charge on any atom is 0.0484 e. The molecule has 2 heterocycles. The number of hydrogen-bond donors (Lipinski definition) is 1. The van der Waals surface area contributed by atoms with Crippen molar-refractivity contribution >= 4 is 0 Å². The van der Waals surface area contributed by atoms with Gasteiger partial charge in [-0.05, 0) is 25.0 Å². The van der Waals surface area contributed by atoms with Crippen LogP contribution in [0.25, 0.3) is 0 Å². The zero-order valence-electron chi connectivity index (χ0n) is 7.78. The fourth-order valence-corrected chi connectivity index (χ4v) is 1.78. The van der Waals surface area contributed by atoms with E-state index in [2.05, 4.69) is 17.0 Å². The van der Waals surface area contributed by atoms with Crippen LogP contribution in [0.15, 0.2) is 24.5 Å². The predicted molar refractivity (Wildman–Crippen MR) is 51.4 cm³/mol. The number of nitrogens with two attached hydrogens (primary N) is 1. The summed E-state index contributed by atoms with van der Waals surface area (Å²) in [6, 6.07) is 4.06. The smallest absolute Gasteiger partial charge is 0.0484 e. The van der Waals surface area contributed by atoms with Crippen LogP contribution in [0.3, 0.4) is 0 Å². The van der Waals surface area contributed by atoms with E-state index < -0.39 is 0 Å². The third-order valence-corrected chi connectivity index (χ3v) is 2.65. The normalized spacial score (nSPS) is 21.6. The van der Waals surface area contributed by atoms with Crippen LogP contribution in [0, 0.1) is 0 Å². The van der Waals surface area contributed by atoms with Gasteiger partial charge in [0.2, 0.25) is 0 Å². The van der Waals surface area contributed by atoms with E-state index in [1.807, 2.05) is 12.1 Å². The van der Waals surface area contributed by atoms with Crippen molar-refractivity contribution in [2.45, 2.75) is 24.9 Å². The van der Waals surface area contributed by atoms with E-state index in [-0.39, 0.29) is 5.54 Å². The van der Waals surface area contributed by atoms with Crippen LogP contribution >= 0.6 is 0 Å². The van der Waals surface area contributed by atoms with Gasteiger partial charge in [0.05, 0.1) is 0 Å². The molecule has 13 heavy (non-hydrogen) atoms. The summed E-state index contributed by atoms with van der Waals surface area (Å²) < 4.78 is 7.44. The molecule has 1 aliphatic heterocycles. The summed E-state index contributed by atoms with van der Waals surface area (Å²) >= 11 is 0. The van der Waals surface area contributed by atoms with E-state index in [9.17, 15) is 0 Å². The van der Waals surface area contributed by atoms with Gasteiger partial charge in [0.15, 0.2) is 0 Å². The SMILES string of the molecule is NC1(Cn2cccc2)CCOCC1. The summed E-state index contributed by atoms with van der Waals surface area (Å²) in [6.45, 7) is 2.51. The Hall–Kier alpha value is -0.800. The van der Waals surface area contributed by atoms with Gasteiger partial charge >= 0.3 is 0 Å². The van der Waals surface area contributed by atoms with E-state index >= 15 is 0 Å². The molecular weight excluding hydrogens is 164 g/mol. The van der Waals surface area contributed by atoms with Crippen molar-refractivity contribution in [3.8, 4) is 0 Å². The number of ether oxygens (including phenoxy) is 1. The second-order valence-corrected chi connectivity index (χ2v) is 3.83. The Balaban J connectivity index is 1.99. The van der Waals surface area contributed by atoms with Crippen molar-refractivity contribution in [2.24, 2.45) is 5.73 Å². The number of nitrogens with zero attached hydrogens (tertiary/aromatic N) is 1. The highest BCUT2D eigenvalue weighted by molar-refractivity contribution is 4.95. The van der Waals surface area contributed by atoms with Crippen LogP contribution in [0.4, 0.5) is 0 Å². The maximum atomic E-state index is 6.25. The molecule has 0 amide bonds. The highest BCUT2D eigenvalue weighted by Gasteiger charge is 2.27. The van der Waals surface area contributed by atoms with Gasteiger partial charge in [-0.1, -0.05) is 0 Å². The van der Waals surface area contributed by atoms with Gasteiger partial charge < -0.3 is 15.0 Å². The van der Waals surface area contributed by atoms with Crippen LogP contribution in [0.2, 0.25) is 0 Å². The number of hydrogen-bond acceptors (Lipinski definition) is 2. The van der Waals surface area contributed by atoms with Gasteiger partial charge in [-0.25, -0.2) is 0 Å². The lowest BCUT2D eigenvalue weighted by Gasteiger charge is -2.33. The molecule has 1 saturated heterocycles. The second kappa shape index (κ2) is 3.52. The Morgan fingerprint density at radius 2 is 1.85 bits per heavy atom. The molecule has 0 aliphatic carbocycles. The van der Waals surface area contributed by atoms with Gasteiger partial charge in [-0.15, -0.1) is 0 Å². The standard InChI is InChI=1S/C10H16N2O/c11-10(3-7-13-8-4-10)9-12-5-1-2-6-12/h1-2,5-6H,3-4,7-9,11H2. The fourth-order valence-electron chi connectivity index (χ4n) is 1.78. The molecule has 0 spiro atoms. The maximum absolute atomic E-state index is 6.25. The zero-order valence-corrected chi connectivity index (χ0v) is 7.78. The summed E-state index contributed by atoms with van der Waals surface area (Å²) in [5.74, 6) is 0. The first-order chi connectivity index (χ1) is 6.29. The zero-order chi connectivity index (χ0) is 9.15. The second-order valence-electron chi connectivity index (χ2n) is 3.83. The van der Waals surface area contributed by atoms with Crippen LogP contribution in [-0.2, 0) is 11.3 Å². The third-order valence-electron chi connectivity index (χ3n) is 2.65. The Labute approximate surface area is 78.5 Å². The average Bonchev–Trinajstić information content (AvgIpc) is 2.57. The Bertz CT molecular complexity index is 250. The van der Waals surface area contributed by atoms with E-state index in [0.717, 1.165) is 32.6 Å². The molecule has 0 unspecified atom stereocenters. The lowest BCUT2D eigenvalue weighted by Crippen LogP contribution is -2.48. The van der Waals surface area contributed by atoms with Crippen molar-refractivity contribution < 1.29 is 4.74 Å².